The molecule has 0 saturated heterocycles. The summed E-state index contributed by atoms with van der Waals surface area (Å²) in [5.41, 5.74) is 7.97. The normalized spacial score (nSPS) is 10.4. The van der Waals surface area contributed by atoms with Crippen LogP contribution < -0.4 is 10.6 Å². The molecule has 2 aromatic carbocycles. The third-order valence-electron chi connectivity index (χ3n) is 2.79. The predicted molar refractivity (Wildman–Crippen MR) is 74.4 cm³/mol. The third-order valence-corrected chi connectivity index (χ3v) is 3.08. The van der Waals surface area contributed by atoms with Gasteiger partial charge in [0.05, 0.1) is 16.4 Å². The second kappa shape index (κ2) is 5.27. The number of rotatable bonds is 3. The first kappa shape index (κ1) is 12.7. The zero-order valence-electron chi connectivity index (χ0n) is 10.0. The lowest BCUT2D eigenvalue weighted by molar-refractivity contribution is 0.608. The highest BCUT2D eigenvalue weighted by Crippen LogP contribution is 2.25. The summed E-state index contributed by atoms with van der Waals surface area (Å²) in [5.74, 6) is -0.375. The van der Waals surface area contributed by atoms with Crippen LogP contribution in [-0.2, 0) is 6.54 Å². The fourth-order valence-corrected chi connectivity index (χ4v) is 2.04. The number of hydrogen-bond acceptors (Lipinski definition) is 2. The van der Waals surface area contributed by atoms with Crippen LogP contribution in [0.25, 0.3) is 0 Å². The molecule has 2 N–H and O–H groups in total. The minimum absolute atomic E-state index is 0.141. The first-order chi connectivity index (χ1) is 8.59. The van der Waals surface area contributed by atoms with Crippen molar-refractivity contribution in [3.63, 3.8) is 0 Å². The van der Waals surface area contributed by atoms with E-state index < -0.39 is 0 Å². The number of hydrogen-bond donors (Lipinski definition) is 1. The number of para-hydroxylation sites is 2. The minimum Gasteiger partial charge on any atom is -0.397 e. The van der Waals surface area contributed by atoms with Crippen LogP contribution >= 0.6 is 11.6 Å². The maximum absolute atomic E-state index is 13.8. The Morgan fingerprint density at radius 2 is 1.89 bits per heavy atom. The second-order valence-corrected chi connectivity index (χ2v) is 4.54. The van der Waals surface area contributed by atoms with E-state index in [1.54, 1.807) is 12.1 Å². The number of halogens is 2. The molecule has 0 saturated carbocycles. The van der Waals surface area contributed by atoms with Crippen molar-refractivity contribution in [1.82, 2.24) is 0 Å². The number of benzene rings is 2. The number of nitrogens with zero attached hydrogens (tertiary/aromatic N) is 1. The molecule has 0 bridgehead atoms. The molecule has 0 aliphatic carbocycles. The fraction of sp³-hybridized carbons (Fsp3) is 0.143. The van der Waals surface area contributed by atoms with Crippen molar-refractivity contribution < 1.29 is 4.39 Å². The SMILES string of the molecule is CN(Cc1cccc(Cl)c1F)c1ccccc1N. The first-order valence-electron chi connectivity index (χ1n) is 5.58. The topological polar surface area (TPSA) is 29.3 Å². The molecule has 4 heteroatoms. The second-order valence-electron chi connectivity index (χ2n) is 4.13. The van der Waals surface area contributed by atoms with Gasteiger partial charge in [-0.05, 0) is 18.2 Å². The molecule has 0 aliphatic rings. The molecule has 0 radical (unpaired) electrons. The Hall–Kier alpha value is -1.74. The highest BCUT2D eigenvalue weighted by atomic mass is 35.5. The van der Waals surface area contributed by atoms with Crippen LogP contribution in [0.5, 0.6) is 0 Å². The maximum atomic E-state index is 13.8. The molecular weight excluding hydrogens is 251 g/mol. The summed E-state index contributed by atoms with van der Waals surface area (Å²) in [4.78, 5) is 1.89. The van der Waals surface area contributed by atoms with Gasteiger partial charge in [-0.15, -0.1) is 0 Å². The standard InChI is InChI=1S/C14H14ClFN2/c1-18(13-8-3-2-7-12(13)17)9-10-5-4-6-11(15)14(10)16/h2-8H,9,17H2,1H3. The first-order valence-corrected chi connectivity index (χ1v) is 5.96. The molecule has 2 nitrogen and oxygen atoms in total. The van der Waals surface area contributed by atoms with E-state index in [0.29, 0.717) is 17.8 Å². The lowest BCUT2D eigenvalue weighted by Crippen LogP contribution is -2.18. The van der Waals surface area contributed by atoms with Crippen LogP contribution in [0.15, 0.2) is 42.5 Å². The van der Waals surface area contributed by atoms with Gasteiger partial charge in [0, 0.05) is 19.2 Å². The Bertz CT molecular complexity index is 557. The Morgan fingerprint density at radius 1 is 1.17 bits per heavy atom. The van der Waals surface area contributed by atoms with Crippen molar-refractivity contribution in [2.75, 3.05) is 17.7 Å². The molecule has 0 amide bonds. The van der Waals surface area contributed by atoms with Gasteiger partial charge in [-0.3, -0.25) is 0 Å². The quantitative estimate of drug-likeness (QED) is 0.857. The van der Waals surface area contributed by atoms with Crippen LogP contribution in [0.3, 0.4) is 0 Å². The molecule has 94 valence electrons. The molecule has 0 spiro atoms. The molecule has 2 rings (SSSR count). The molecule has 0 aromatic heterocycles. The van der Waals surface area contributed by atoms with Crippen LogP contribution in [0.1, 0.15) is 5.56 Å². The van der Waals surface area contributed by atoms with E-state index in [0.717, 1.165) is 5.69 Å². The van der Waals surface area contributed by atoms with Gasteiger partial charge in [-0.25, -0.2) is 4.39 Å². The summed E-state index contributed by atoms with van der Waals surface area (Å²) in [6, 6.07) is 12.5. The summed E-state index contributed by atoms with van der Waals surface area (Å²) in [6.07, 6.45) is 0. The zero-order valence-corrected chi connectivity index (χ0v) is 10.8. The van der Waals surface area contributed by atoms with Crippen molar-refractivity contribution in [3.8, 4) is 0 Å². The molecule has 0 heterocycles. The van der Waals surface area contributed by atoms with Gasteiger partial charge in [0.25, 0.3) is 0 Å². The van der Waals surface area contributed by atoms with Gasteiger partial charge in [0.15, 0.2) is 0 Å². The fourth-order valence-electron chi connectivity index (χ4n) is 1.85. The van der Waals surface area contributed by atoms with E-state index in [9.17, 15) is 4.39 Å². The summed E-state index contributed by atoms with van der Waals surface area (Å²) in [6.45, 7) is 0.417. The lowest BCUT2D eigenvalue weighted by atomic mass is 10.2. The van der Waals surface area contributed by atoms with Gasteiger partial charge in [-0.1, -0.05) is 35.9 Å². The molecule has 2 aromatic rings. The molecule has 0 unspecified atom stereocenters. The summed E-state index contributed by atoms with van der Waals surface area (Å²) in [5, 5.41) is 0.141. The largest absolute Gasteiger partial charge is 0.397 e. The van der Waals surface area contributed by atoms with Crippen molar-refractivity contribution in [2.45, 2.75) is 6.54 Å². The Morgan fingerprint density at radius 3 is 2.61 bits per heavy atom. The average Bonchev–Trinajstić information content (AvgIpc) is 2.35. The van der Waals surface area contributed by atoms with E-state index in [2.05, 4.69) is 0 Å². The van der Waals surface area contributed by atoms with Crippen molar-refractivity contribution >= 4 is 23.0 Å². The van der Waals surface area contributed by atoms with Gasteiger partial charge in [-0.2, -0.15) is 0 Å². The molecule has 0 fully saturated rings. The monoisotopic (exact) mass is 264 g/mol. The van der Waals surface area contributed by atoms with E-state index >= 15 is 0 Å². The van der Waals surface area contributed by atoms with Crippen LogP contribution in [0.4, 0.5) is 15.8 Å². The van der Waals surface area contributed by atoms with Crippen LogP contribution in [-0.4, -0.2) is 7.05 Å². The van der Waals surface area contributed by atoms with Crippen molar-refractivity contribution in [3.05, 3.63) is 58.9 Å². The number of nitrogen functional groups attached to an aromatic ring is 1. The maximum Gasteiger partial charge on any atom is 0.146 e. The smallest absolute Gasteiger partial charge is 0.146 e. The Balaban J connectivity index is 2.24. The van der Waals surface area contributed by atoms with E-state index in [1.165, 1.54) is 6.07 Å². The summed E-state index contributed by atoms with van der Waals surface area (Å²) < 4.78 is 13.8. The van der Waals surface area contributed by atoms with Gasteiger partial charge in [0.2, 0.25) is 0 Å². The van der Waals surface area contributed by atoms with E-state index in [4.69, 9.17) is 17.3 Å². The predicted octanol–water partition coefficient (Wildman–Crippen LogP) is 3.70. The van der Waals surface area contributed by atoms with Crippen molar-refractivity contribution in [2.24, 2.45) is 0 Å². The van der Waals surface area contributed by atoms with E-state index in [-0.39, 0.29) is 10.8 Å². The summed E-state index contributed by atoms with van der Waals surface area (Å²) in [7, 11) is 1.87. The third kappa shape index (κ3) is 2.57. The van der Waals surface area contributed by atoms with Crippen molar-refractivity contribution in [1.29, 1.82) is 0 Å². The number of nitrogens with two attached hydrogens (primary N) is 1. The lowest BCUT2D eigenvalue weighted by Gasteiger charge is -2.21. The molecule has 0 aliphatic heterocycles. The average molecular weight is 265 g/mol. The zero-order chi connectivity index (χ0) is 13.1. The Labute approximate surface area is 111 Å². The number of anilines is 2. The minimum atomic E-state index is -0.375. The van der Waals surface area contributed by atoms with Crippen LogP contribution in [0, 0.1) is 5.82 Å². The van der Waals surface area contributed by atoms with E-state index in [1.807, 2.05) is 36.2 Å². The van der Waals surface area contributed by atoms with Gasteiger partial charge < -0.3 is 10.6 Å². The molecule has 18 heavy (non-hydrogen) atoms. The van der Waals surface area contributed by atoms with Gasteiger partial charge >= 0.3 is 0 Å². The highest BCUT2D eigenvalue weighted by Gasteiger charge is 2.10. The van der Waals surface area contributed by atoms with Crippen LogP contribution in [0.2, 0.25) is 5.02 Å². The van der Waals surface area contributed by atoms with Gasteiger partial charge in [0.1, 0.15) is 5.82 Å². The molecular formula is C14H14ClFN2. The molecule has 0 atom stereocenters. The highest BCUT2D eigenvalue weighted by molar-refractivity contribution is 6.30. The summed E-state index contributed by atoms with van der Waals surface area (Å²) >= 11 is 5.76. The Kier molecular flexibility index (Phi) is 3.72.